The van der Waals surface area contributed by atoms with Gasteiger partial charge in [0.15, 0.2) is 0 Å². The van der Waals surface area contributed by atoms with Crippen LogP contribution in [0.2, 0.25) is 0 Å². The zero-order valence-corrected chi connectivity index (χ0v) is 20.9. The summed E-state index contributed by atoms with van der Waals surface area (Å²) < 4.78 is 1.77. The molecule has 2 heterocycles. The number of carboxylic acid groups (broad SMARTS) is 1. The highest BCUT2D eigenvalue weighted by atomic mass is 16.4. The summed E-state index contributed by atoms with van der Waals surface area (Å²) in [5, 5.41) is 36.3. The van der Waals surface area contributed by atoms with Gasteiger partial charge in [-0.2, -0.15) is 0 Å². The number of aliphatic carboxylic acids is 1. The number of para-hydroxylation sites is 1. The third-order valence-electron chi connectivity index (χ3n) is 6.93. The molecule has 10 heteroatoms. The summed E-state index contributed by atoms with van der Waals surface area (Å²) in [6.45, 7) is 0. The van der Waals surface area contributed by atoms with E-state index in [2.05, 4.69) is 10.6 Å². The van der Waals surface area contributed by atoms with E-state index < -0.39 is 35.9 Å². The van der Waals surface area contributed by atoms with Crippen molar-refractivity contribution in [1.29, 1.82) is 0 Å². The Morgan fingerprint density at radius 2 is 1.69 bits per heavy atom. The second kappa shape index (κ2) is 10.5. The zero-order chi connectivity index (χ0) is 27.7. The molecule has 0 saturated carbocycles. The molecule has 1 aliphatic rings. The van der Waals surface area contributed by atoms with Gasteiger partial charge in [0.05, 0.1) is 17.2 Å². The Labute approximate surface area is 223 Å². The number of phenols is 2. The first-order valence-corrected chi connectivity index (χ1v) is 12.5. The van der Waals surface area contributed by atoms with E-state index in [4.69, 9.17) is 5.73 Å². The van der Waals surface area contributed by atoms with Crippen LogP contribution >= 0.6 is 0 Å². The van der Waals surface area contributed by atoms with Crippen molar-refractivity contribution in [3.63, 3.8) is 0 Å². The van der Waals surface area contributed by atoms with Crippen LogP contribution in [0.4, 0.5) is 0 Å². The number of nitrogens with two attached hydrogens (primary N) is 1. The highest BCUT2D eigenvalue weighted by Gasteiger charge is 2.30. The highest BCUT2D eigenvalue weighted by molar-refractivity contribution is 5.93. The van der Waals surface area contributed by atoms with Gasteiger partial charge in [0.2, 0.25) is 11.8 Å². The van der Waals surface area contributed by atoms with Crippen LogP contribution in [-0.4, -0.2) is 55.8 Å². The van der Waals surface area contributed by atoms with Crippen molar-refractivity contribution in [1.82, 2.24) is 15.2 Å². The molecule has 0 radical (unpaired) electrons. The van der Waals surface area contributed by atoms with E-state index in [0.29, 0.717) is 22.4 Å². The summed E-state index contributed by atoms with van der Waals surface area (Å²) in [6.07, 6.45) is 1.91. The van der Waals surface area contributed by atoms with Crippen LogP contribution in [-0.2, 0) is 33.6 Å². The number of aromatic hydroxyl groups is 2. The molecule has 0 unspecified atom stereocenters. The maximum Gasteiger partial charge on any atom is 0.326 e. The zero-order valence-electron chi connectivity index (χ0n) is 20.9. The van der Waals surface area contributed by atoms with Gasteiger partial charge in [-0.15, -0.1) is 0 Å². The van der Waals surface area contributed by atoms with Crippen molar-refractivity contribution in [3.8, 4) is 17.2 Å². The molecule has 3 aromatic carbocycles. The number of carboxylic acids is 1. The van der Waals surface area contributed by atoms with Crippen molar-refractivity contribution >= 4 is 28.7 Å². The van der Waals surface area contributed by atoms with E-state index in [0.717, 1.165) is 10.9 Å². The van der Waals surface area contributed by atoms with Crippen LogP contribution in [0.15, 0.2) is 72.9 Å². The van der Waals surface area contributed by atoms with Crippen LogP contribution in [0.25, 0.3) is 16.6 Å². The molecular weight excluding hydrogens is 500 g/mol. The number of phenolic OH excluding ortho intramolecular Hbond substituents is 2. The third-order valence-corrected chi connectivity index (χ3v) is 6.93. The summed E-state index contributed by atoms with van der Waals surface area (Å²) in [5.41, 5.74) is 9.44. The van der Waals surface area contributed by atoms with E-state index in [1.54, 1.807) is 35.0 Å². The molecule has 1 aromatic heterocycles. The third kappa shape index (κ3) is 5.41. The number of hydrogen-bond donors (Lipinski definition) is 6. The summed E-state index contributed by atoms with van der Waals surface area (Å²) in [4.78, 5) is 38.7. The SMILES string of the molecule is N[C@H]1Cc2ccc(O)c(c2)-n2cc(c3ccccc32)C[C@@H](C(=O)O)NC(=O)[C@H](Cc2ccc(O)cc2)NC1=O. The fourth-order valence-electron chi connectivity index (χ4n) is 4.90. The lowest BCUT2D eigenvalue weighted by Gasteiger charge is -2.23. The lowest BCUT2D eigenvalue weighted by Crippen LogP contribution is -2.55. The van der Waals surface area contributed by atoms with Crippen molar-refractivity contribution in [2.45, 2.75) is 37.4 Å². The minimum atomic E-state index is -1.30. The molecule has 0 aliphatic carbocycles. The van der Waals surface area contributed by atoms with Crippen molar-refractivity contribution in [2.75, 3.05) is 0 Å². The Morgan fingerprint density at radius 3 is 2.44 bits per heavy atom. The predicted octanol–water partition coefficient (Wildman–Crippen LogP) is 1.76. The first-order chi connectivity index (χ1) is 18.7. The summed E-state index contributed by atoms with van der Waals surface area (Å²) in [5.74, 6) is -2.44. The molecule has 200 valence electrons. The van der Waals surface area contributed by atoms with Gasteiger partial charge in [-0.25, -0.2) is 4.79 Å². The Hall–Kier alpha value is -4.83. The van der Waals surface area contributed by atoms with Crippen LogP contribution in [0.1, 0.15) is 16.7 Å². The van der Waals surface area contributed by atoms with Crippen molar-refractivity contribution in [3.05, 3.63) is 89.6 Å². The van der Waals surface area contributed by atoms with Crippen LogP contribution in [0.5, 0.6) is 11.5 Å². The Balaban J connectivity index is 1.60. The number of nitrogens with one attached hydrogen (secondary N) is 2. The Kier molecular flexibility index (Phi) is 6.95. The fourth-order valence-corrected chi connectivity index (χ4v) is 4.90. The van der Waals surface area contributed by atoms with Crippen LogP contribution in [0.3, 0.4) is 0 Å². The Bertz CT molecular complexity index is 1560. The van der Waals surface area contributed by atoms with E-state index in [1.807, 2.05) is 24.3 Å². The second-order valence-electron chi connectivity index (χ2n) is 9.71. The van der Waals surface area contributed by atoms with Gasteiger partial charge in [-0.3, -0.25) is 9.59 Å². The number of nitrogens with zero attached hydrogens (tertiary/aromatic N) is 1. The first-order valence-electron chi connectivity index (χ1n) is 12.5. The van der Waals surface area contributed by atoms with Crippen molar-refractivity contribution < 1.29 is 29.7 Å². The normalized spacial score (nSPS) is 20.0. The van der Waals surface area contributed by atoms with Gasteiger partial charge in [0.1, 0.15) is 23.6 Å². The molecule has 2 amide bonds. The number of aromatic nitrogens is 1. The molecule has 10 nitrogen and oxygen atoms in total. The number of hydrogen-bond acceptors (Lipinski definition) is 6. The number of carbonyl (C=O) groups is 3. The first kappa shape index (κ1) is 25.8. The molecule has 39 heavy (non-hydrogen) atoms. The largest absolute Gasteiger partial charge is 0.508 e. The van der Waals surface area contributed by atoms with E-state index in [-0.39, 0.29) is 30.8 Å². The highest BCUT2D eigenvalue weighted by Crippen LogP contribution is 2.31. The number of fused-ring (bicyclic) bond motifs is 8. The van der Waals surface area contributed by atoms with E-state index in [9.17, 15) is 29.7 Å². The van der Waals surface area contributed by atoms with Crippen molar-refractivity contribution in [2.24, 2.45) is 5.73 Å². The molecule has 4 bridgehead atoms. The fraction of sp³-hybridized carbons (Fsp3) is 0.207. The molecule has 1 aliphatic heterocycles. The molecule has 4 aromatic rings. The van der Waals surface area contributed by atoms with Gasteiger partial charge < -0.3 is 36.3 Å². The topological polar surface area (TPSA) is 167 Å². The van der Waals surface area contributed by atoms with E-state index in [1.165, 1.54) is 18.2 Å². The van der Waals surface area contributed by atoms with Gasteiger partial charge in [-0.05, 0) is 53.4 Å². The second-order valence-corrected chi connectivity index (χ2v) is 9.71. The number of rotatable bonds is 3. The molecule has 0 fully saturated rings. The quantitative estimate of drug-likeness (QED) is 0.236. The maximum absolute atomic E-state index is 13.4. The maximum atomic E-state index is 13.4. The number of amides is 2. The summed E-state index contributed by atoms with van der Waals surface area (Å²) >= 11 is 0. The van der Waals surface area contributed by atoms with Gasteiger partial charge in [0, 0.05) is 24.4 Å². The summed E-state index contributed by atoms with van der Waals surface area (Å²) in [7, 11) is 0. The molecule has 0 saturated heterocycles. The van der Waals surface area contributed by atoms with E-state index >= 15 is 0 Å². The van der Waals surface area contributed by atoms with Gasteiger partial charge in [0.25, 0.3) is 0 Å². The lowest BCUT2D eigenvalue weighted by molar-refractivity contribution is -0.142. The molecule has 7 N–H and O–H groups in total. The average Bonchev–Trinajstić information content (AvgIpc) is 3.27. The van der Waals surface area contributed by atoms with Gasteiger partial charge in [-0.1, -0.05) is 36.4 Å². The average molecular weight is 529 g/mol. The molecule has 5 rings (SSSR count). The minimum absolute atomic E-state index is 0.00504. The predicted molar refractivity (Wildman–Crippen MR) is 144 cm³/mol. The smallest absolute Gasteiger partial charge is 0.326 e. The lowest BCUT2D eigenvalue weighted by atomic mass is 10.0. The van der Waals surface area contributed by atoms with Crippen LogP contribution in [0, 0.1) is 0 Å². The number of benzene rings is 3. The molecular formula is C29H28N4O6. The standard InChI is InChI=1S/C29H28N4O6/c30-21-11-17-7-10-26(35)25(13-17)33-15-18(20-3-1-2-4-24(20)33)14-23(29(38)39)32-28(37)22(31-27(21)36)12-16-5-8-19(34)9-6-16/h1-10,13,15,21-23,34-35H,11-12,14,30H2,(H,31,36)(H,32,37)(H,38,39)/t21-,22-,23-/m0/s1. The minimum Gasteiger partial charge on any atom is -0.508 e. The monoisotopic (exact) mass is 528 g/mol. The Morgan fingerprint density at radius 1 is 0.949 bits per heavy atom. The number of carbonyl (C=O) groups excluding carboxylic acids is 2. The van der Waals surface area contributed by atoms with Crippen LogP contribution < -0.4 is 16.4 Å². The molecule has 0 spiro atoms. The molecule has 3 atom stereocenters. The van der Waals surface area contributed by atoms with Gasteiger partial charge >= 0.3 is 5.97 Å². The summed E-state index contributed by atoms with van der Waals surface area (Å²) in [6, 6.07) is 15.1.